The molecule has 1 aliphatic carbocycles. The average molecular weight is 441 g/mol. The summed E-state index contributed by atoms with van der Waals surface area (Å²) in [5.41, 5.74) is 1.15. The van der Waals surface area contributed by atoms with Crippen molar-refractivity contribution in [2.75, 3.05) is 12.4 Å². The molecule has 0 unspecified atom stereocenters. The van der Waals surface area contributed by atoms with Crippen LogP contribution in [0, 0.1) is 5.92 Å². The third-order valence-electron chi connectivity index (χ3n) is 5.41. The van der Waals surface area contributed by atoms with Crippen molar-refractivity contribution >= 4 is 10.0 Å². The number of pyridine rings is 1. The summed E-state index contributed by atoms with van der Waals surface area (Å²) in [6.45, 7) is 1.48. The van der Waals surface area contributed by atoms with Gasteiger partial charge in [-0.15, -0.1) is 0 Å². The molecule has 1 N–H and O–H groups in total. The molecule has 1 aromatic heterocycles. The van der Waals surface area contributed by atoms with E-state index < -0.39 is 34.3 Å². The highest BCUT2D eigenvalue weighted by Crippen LogP contribution is 2.37. The summed E-state index contributed by atoms with van der Waals surface area (Å²) in [6, 6.07) is 9.75. The molecule has 9 heteroatoms. The van der Waals surface area contributed by atoms with E-state index in [1.807, 2.05) is 0 Å². The summed E-state index contributed by atoms with van der Waals surface area (Å²) in [4.78, 5) is 12.2. The number of hydrogen-bond acceptors (Lipinski definition) is 4. The molecule has 1 saturated carbocycles. The number of aromatic nitrogens is 1. The highest BCUT2D eigenvalue weighted by Gasteiger charge is 2.42. The lowest BCUT2D eigenvalue weighted by Gasteiger charge is -2.36. The average Bonchev–Trinajstić information content (AvgIpc) is 2.70. The quantitative estimate of drug-likeness (QED) is 0.718. The Morgan fingerprint density at radius 2 is 1.93 bits per heavy atom. The molecular formula is C21H26F2N2O4S. The first-order chi connectivity index (χ1) is 14.1. The molecule has 0 amide bonds. The number of hydrogen-bond donors (Lipinski definition) is 1. The van der Waals surface area contributed by atoms with Gasteiger partial charge in [-0.1, -0.05) is 12.1 Å². The Morgan fingerprint density at radius 1 is 1.23 bits per heavy atom. The summed E-state index contributed by atoms with van der Waals surface area (Å²) in [5.74, 6) is -3.11. The molecule has 1 aliphatic rings. The fraction of sp³-hybridized carbons (Fsp3) is 0.476. The number of nitrogens with zero attached hydrogens (tertiary/aromatic N) is 1. The number of rotatable bonds is 7. The zero-order valence-electron chi connectivity index (χ0n) is 17.0. The molecule has 1 fully saturated rings. The van der Waals surface area contributed by atoms with Gasteiger partial charge in [0.25, 0.3) is 5.56 Å². The van der Waals surface area contributed by atoms with Gasteiger partial charge in [0.15, 0.2) is 0 Å². The number of aryl methyl sites for hydroxylation is 1. The Hall–Kier alpha value is -2.26. The van der Waals surface area contributed by atoms with Gasteiger partial charge >= 0.3 is 0 Å². The number of ether oxygens (including phenoxy) is 1. The summed E-state index contributed by atoms with van der Waals surface area (Å²) >= 11 is 0. The molecule has 0 bridgehead atoms. The van der Waals surface area contributed by atoms with Crippen LogP contribution in [0.25, 0.3) is 11.1 Å². The molecular weight excluding hydrogens is 414 g/mol. The minimum absolute atomic E-state index is 0.0288. The van der Waals surface area contributed by atoms with E-state index in [0.717, 1.165) is 5.56 Å². The van der Waals surface area contributed by atoms with Gasteiger partial charge in [-0.05, 0) is 43.2 Å². The zero-order valence-corrected chi connectivity index (χ0v) is 17.8. The third-order valence-corrected chi connectivity index (χ3v) is 6.84. The van der Waals surface area contributed by atoms with E-state index in [2.05, 4.69) is 4.72 Å². The molecule has 30 heavy (non-hydrogen) atoms. The second-order valence-electron chi connectivity index (χ2n) is 7.66. The first-order valence-corrected chi connectivity index (χ1v) is 11.5. The van der Waals surface area contributed by atoms with Crippen LogP contribution >= 0.6 is 0 Å². The van der Waals surface area contributed by atoms with E-state index in [1.54, 1.807) is 49.6 Å². The first kappa shape index (κ1) is 22.4. The molecule has 1 heterocycles. The van der Waals surface area contributed by atoms with Crippen LogP contribution in [0.3, 0.4) is 0 Å². The largest absolute Gasteiger partial charge is 0.493 e. The second-order valence-corrected chi connectivity index (χ2v) is 9.70. The lowest BCUT2D eigenvalue weighted by Crippen LogP contribution is -2.48. The standard InChI is InChI=1S/C21H26F2N2O4S/c1-3-30(27,28)24-19-10-11-21(22,23)13-16(19)14-29-17-8-6-15(7-9-17)18-5-4-12-25(2)20(18)26/h4-9,12,16,19,24H,3,10-11,13-14H2,1-2H3/t16-,19+/m1/s1. The molecule has 0 aliphatic heterocycles. The molecule has 0 spiro atoms. The van der Waals surface area contributed by atoms with E-state index >= 15 is 0 Å². The van der Waals surface area contributed by atoms with E-state index in [1.165, 1.54) is 11.5 Å². The Kier molecular flexibility index (Phi) is 6.62. The van der Waals surface area contributed by atoms with Crippen LogP contribution in [-0.4, -0.2) is 37.3 Å². The van der Waals surface area contributed by atoms with Crippen LogP contribution in [0.5, 0.6) is 5.75 Å². The van der Waals surface area contributed by atoms with Gasteiger partial charge < -0.3 is 9.30 Å². The highest BCUT2D eigenvalue weighted by atomic mass is 32.2. The number of alkyl halides is 2. The smallest absolute Gasteiger partial charge is 0.258 e. The summed E-state index contributed by atoms with van der Waals surface area (Å²) in [6.07, 6.45) is 0.964. The molecule has 0 saturated heterocycles. The lowest BCUT2D eigenvalue weighted by atomic mass is 9.83. The highest BCUT2D eigenvalue weighted by molar-refractivity contribution is 7.89. The minimum Gasteiger partial charge on any atom is -0.493 e. The number of halogens is 2. The van der Waals surface area contributed by atoms with E-state index in [-0.39, 0.29) is 30.8 Å². The van der Waals surface area contributed by atoms with Crippen molar-refractivity contribution in [1.29, 1.82) is 0 Å². The van der Waals surface area contributed by atoms with E-state index in [9.17, 15) is 22.0 Å². The third kappa shape index (κ3) is 5.46. The molecule has 164 valence electrons. The van der Waals surface area contributed by atoms with Gasteiger partial charge in [-0.3, -0.25) is 4.79 Å². The van der Waals surface area contributed by atoms with Gasteiger partial charge in [-0.2, -0.15) is 0 Å². The fourth-order valence-corrected chi connectivity index (χ4v) is 4.56. The van der Waals surface area contributed by atoms with Crippen molar-refractivity contribution in [3.05, 3.63) is 52.9 Å². The zero-order chi connectivity index (χ0) is 21.9. The van der Waals surface area contributed by atoms with Gasteiger partial charge in [0.1, 0.15) is 5.75 Å². The van der Waals surface area contributed by atoms with Crippen molar-refractivity contribution in [2.24, 2.45) is 13.0 Å². The summed E-state index contributed by atoms with van der Waals surface area (Å²) < 4.78 is 61.4. The Bertz CT molecular complexity index is 1040. The SMILES string of the molecule is CCS(=O)(=O)N[C@H]1CCC(F)(F)C[C@@H]1COc1ccc(-c2cccn(C)c2=O)cc1. The lowest BCUT2D eigenvalue weighted by molar-refractivity contribution is -0.0660. The molecule has 1 aromatic carbocycles. The Labute approximate surface area is 174 Å². The first-order valence-electron chi connectivity index (χ1n) is 9.87. The van der Waals surface area contributed by atoms with Crippen LogP contribution in [0.15, 0.2) is 47.4 Å². The van der Waals surface area contributed by atoms with Crippen molar-refractivity contribution in [3.8, 4) is 16.9 Å². The predicted octanol–water partition coefficient (Wildman–Crippen LogP) is 3.17. The molecule has 3 rings (SSSR count). The maximum atomic E-state index is 13.9. The van der Waals surface area contributed by atoms with Crippen LogP contribution in [0.1, 0.15) is 26.2 Å². The summed E-state index contributed by atoms with van der Waals surface area (Å²) in [7, 11) is -1.83. The van der Waals surface area contributed by atoms with Crippen LogP contribution < -0.4 is 15.0 Å². The Morgan fingerprint density at radius 3 is 2.60 bits per heavy atom. The van der Waals surface area contributed by atoms with Crippen molar-refractivity contribution in [1.82, 2.24) is 9.29 Å². The van der Waals surface area contributed by atoms with E-state index in [0.29, 0.717) is 11.3 Å². The second kappa shape index (κ2) is 8.85. The van der Waals surface area contributed by atoms with Crippen molar-refractivity contribution in [3.63, 3.8) is 0 Å². The monoisotopic (exact) mass is 440 g/mol. The Balaban J connectivity index is 1.70. The van der Waals surface area contributed by atoms with Gasteiger partial charge in [0, 0.05) is 43.6 Å². The van der Waals surface area contributed by atoms with Crippen LogP contribution in [0.2, 0.25) is 0 Å². The molecule has 2 atom stereocenters. The maximum Gasteiger partial charge on any atom is 0.258 e. The number of nitrogens with one attached hydrogen (secondary N) is 1. The molecule has 2 aromatic rings. The minimum atomic E-state index is -3.50. The maximum absolute atomic E-state index is 13.9. The summed E-state index contributed by atoms with van der Waals surface area (Å²) in [5, 5.41) is 0. The van der Waals surface area contributed by atoms with E-state index in [4.69, 9.17) is 4.74 Å². The van der Waals surface area contributed by atoms with Crippen molar-refractivity contribution in [2.45, 2.75) is 38.2 Å². The normalized spacial score (nSPS) is 21.3. The van der Waals surface area contributed by atoms with Crippen molar-refractivity contribution < 1.29 is 21.9 Å². The predicted molar refractivity (Wildman–Crippen MR) is 111 cm³/mol. The number of sulfonamides is 1. The van der Waals surface area contributed by atoms with Gasteiger partial charge in [-0.25, -0.2) is 21.9 Å². The molecule has 0 radical (unpaired) electrons. The fourth-order valence-electron chi connectivity index (χ4n) is 3.63. The topological polar surface area (TPSA) is 77.4 Å². The van der Waals surface area contributed by atoms with Gasteiger partial charge in [0.2, 0.25) is 15.9 Å². The number of benzene rings is 1. The molecule has 6 nitrogen and oxygen atoms in total. The van der Waals surface area contributed by atoms with Crippen LogP contribution in [-0.2, 0) is 17.1 Å². The van der Waals surface area contributed by atoms with Gasteiger partial charge in [0.05, 0.1) is 12.4 Å². The van der Waals surface area contributed by atoms with Crippen LogP contribution in [0.4, 0.5) is 8.78 Å².